The van der Waals surface area contributed by atoms with Gasteiger partial charge in [0.2, 0.25) is 0 Å². The van der Waals surface area contributed by atoms with Crippen LogP contribution < -0.4 is 14.8 Å². The van der Waals surface area contributed by atoms with Crippen molar-refractivity contribution in [2.24, 2.45) is 0 Å². The fraction of sp³-hybridized carbons (Fsp3) is 0.211. The molecule has 0 spiro atoms. The number of hydrogen-bond acceptors (Lipinski definition) is 6. The van der Waals surface area contributed by atoms with Crippen molar-refractivity contribution in [2.75, 3.05) is 13.7 Å². The zero-order valence-corrected chi connectivity index (χ0v) is 14.2. The summed E-state index contributed by atoms with van der Waals surface area (Å²) in [5.41, 5.74) is 2.40. The Labute approximate surface area is 150 Å². The molecule has 26 heavy (non-hydrogen) atoms. The second kappa shape index (κ2) is 6.87. The summed E-state index contributed by atoms with van der Waals surface area (Å²) in [4.78, 5) is 11.8. The predicted octanol–water partition coefficient (Wildman–Crippen LogP) is 2.61. The molecule has 1 aliphatic rings. The molecule has 0 atom stereocenters. The van der Waals surface area contributed by atoms with Crippen molar-refractivity contribution in [1.29, 1.82) is 0 Å². The Morgan fingerprint density at radius 2 is 2.04 bits per heavy atom. The third-order valence-corrected chi connectivity index (χ3v) is 4.17. The number of methoxy groups -OCH3 is 1. The van der Waals surface area contributed by atoms with Crippen molar-refractivity contribution in [3.63, 3.8) is 0 Å². The molecule has 7 nitrogen and oxygen atoms in total. The van der Waals surface area contributed by atoms with Gasteiger partial charge in [-0.25, -0.2) is 0 Å². The molecule has 1 amide bonds. The SMILES string of the molecule is COc1ccccc1-c1nnc(COc2ccc3c(c2)CCNC3=O)o1. The van der Waals surface area contributed by atoms with E-state index in [0.29, 0.717) is 35.4 Å². The van der Waals surface area contributed by atoms with E-state index in [4.69, 9.17) is 13.9 Å². The number of benzene rings is 2. The highest BCUT2D eigenvalue weighted by molar-refractivity contribution is 5.96. The van der Waals surface area contributed by atoms with Crippen molar-refractivity contribution < 1.29 is 18.7 Å². The number of hydrogen-bond donors (Lipinski definition) is 1. The second-order valence-electron chi connectivity index (χ2n) is 5.81. The molecule has 0 bridgehead atoms. The number of para-hydroxylation sites is 1. The van der Waals surface area contributed by atoms with Gasteiger partial charge < -0.3 is 19.2 Å². The molecule has 1 aliphatic heterocycles. The quantitative estimate of drug-likeness (QED) is 0.760. The topological polar surface area (TPSA) is 86.5 Å². The molecule has 2 aromatic carbocycles. The van der Waals surface area contributed by atoms with Crippen LogP contribution in [0, 0.1) is 0 Å². The van der Waals surface area contributed by atoms with E-state index in [9.17, 15) is 4.79 Å². The first-order valence-corrected chi connectivity index (χ1v) is 8.24. The maximum absolute atomic E-state index is 11.8. The first-order chi connectivity index (χ1) is 12.7. The van der Waals surface area contributed by atoms with Crippen molar-refractivity contribution in [2.45, 2.75) is 13.0 Å². The molecule has 4 rings (SSSR count). The van der Waals surface area contributed by atoms with E-state index in [2.05, 4.69) is 15.5 Å². The number of carbonyl (C=O) groups is 1. The van der Waals surface area contributed by atoms with E-state index in [1.54, 1.807) is 19.2 Å². The Morgan fingerprint density at radius 1 is 1.15 bits per heavy atom. The van der Waals surface area contributed by atoms with Crippen molar-refractivity contribution in [3.8, 4) is 23.0 Å². The van der Waals surface area contributed by atoms with Crippen LogP contribution in [0.3, 0.4) is 0 Å². The number of nitrogens with one attached hydrogen (secondary N) is 1. The molecule has 1 N–H and O–H groups in total. The standard InChI is InChI=1S/C19H17N3O4/c1-24-16-5-3-2-4-15(16)19-22-21-17(26-19)11-25-13-6-7-14-12(10-13)8-9-20-18(14)23/h2-7,10H,8-9,11H2,1H3,(H,20,23). The lowest BCUT2D eigenvalue weighted by Gasteiger charge is -2.17. The van der Waals surface area contributed by atoms with E-state index >= 15 is 0 Å². The molecule has 0 aliphatic carbocycles. The fourth-order valence-corrected chi connectivity index (χ4v) is 2.88. The monoisotopic (exact) mass is 351 g/mol. The summed E-state index contributed by atoms with van der Waals surface area (Å²) >= 11 is 0. The minimum atomic E-state index is -0.0452. The summed E-state index contributed by atoms with van der Waals surface area (Å²) in [5, 5.41) is 10.9. The van der Waals surface area contributed by atoms with Crippen molar-refractivity contribution in [1.82, 2.24) is 15.5 Å². The Balaban J connectivity index is 1.48. The lowest BCUT2D eigenvalue weighted by molar-refractivity contribution is 0.0946. The number of fused-ring (bicyclic) bond motifs is 1. The highest BCUT2D eigenvalue weighted by Crippen LogP contribution is 2.28. The van der Waals surface area contributed by atoms with Crippen LogP contribution in [0.4, 0.5) is 0 Å². The van der Waals surface area contributed by atoms with E-state index in [1.165, 1.54) is 0 Å². The highest BCUT2D eigenvalue weighted by atomic mass is 16.5. The number of aromatic nitrogens is 2. The average molecular weight is 351 g/mol. The van der Waals surface area contributed by atoms with Gasteiger partial charge in [-0.1, -0.05) is 12.1 Å². The van der Waals surface area contributed by atoms with Gasteiger partial charge >= 0.3 is 0 Å². The van der Waals surface area contributed by atoms with Crippen LogP contribution in [-0.2, 0) is 13.0 Å². The van der Waals surface area contributed by atoms with Gasteiger partial charge in [0.05, 0.1) is 12.7 Å². The Morgan fingerprint density at radius 3 is 2.92 bits per heavy atom. The summed E-state index contributed by atoms with van der Waals surface area (Å²) in [6.45, 7) is 0.786. The summed E-state index contributed by atoms with van der Waals surface area (Å²) in [5.74, 6) is 2.02. The minimum Gasteiger partial charge on any atom is -0.496 e. The molecule has 7 heteroatoms. The van der Waals surface area contributed by atoms with Gasteiger partial charge in [0, 0.05) is 12.1 Å². The first kappa shape index (κ1) is 16.1. The largest absolute Gasteiger partial charge is 0.496 e. The number of rotatable bonds is 5. The molecule has 0 saturated carbocycles. The van der Waals surface area contributed by atoms with Gasteiger partial charge in [-0.15, -0.1) is 10.2 Å². The van der Waals surface area contributed by atoms with Crippen LogP contribution in [-0.4, -0.2) is 29.8 Å². The maximum atomic E-state index is 11.8. The van der Waals surface area contributed by atoms with E-state index in [1.807, 2.05) is 30.3 Å². The molecule has 0 unspecified atom stereocenters. The molecule has 0 saturated heterocycles. The van der Waals surface area contributed by atoms with E-state index in [0.717, 1.165) is 17.5 Å². The van der Waals surface area contributed by atoms with Gasteiger partial charge in [0.1, 0.15) is 11.5 Å². The molecular formula is C19H17N3O4. The number of nitrogens with zero attached hydrogens (tertiary/aromatic N) is 2. The van der Waals surface area contributed by atoms with Crippen LogP contribution in [0.25, 0.3) is 11.5 Å². The summed E-state index contributed by atoms with van der Waals surface area (Å²) in [7, 11) is 1.59. The third kappa shape index (κ3) is 3.11. The van der Waals surface area contributed by atoms with Crippen LogP contribution in [0.1, 0.15) is 21.8 Å². The zero-order chi connectivity index (χ0) is 17.9. The molecule has 3 aromatic rings. The second-order valence-corrected chi connectivity index (χ2v) is 5.81. The van der Waals surface area contributed by atoms with Gasteiger partial charge in [0.25, 0.3) is 17.7 Å². The predicted molar refractivity (Wildman–Crippen MR) is 93.1 cm³/mol. The third-order valence-electron chi connectivity index (χ3n) is 4.17. The average Bonchev–Trinajstić information content (AvgIpc) is 3.15. The Kier molecular flexibility index (Phi) is 4.27. The highest BCUT2D eigenvalue weighted by Gasteiger charge is 2.17. The molecule has 132 valence electrons. The smallest absolute Gasteiger partial charge is 0.254 e. The molecular weight excluding hydrogens is 334 g/mol. The van der Waals surface area contributed by atoms with Crippen LogP contribution in [0.15, 0.2) is 46.9 Å². The van der Waals surface area contributed by atoms with E-state index in [-0.39, 0.29) is 12.5 Å². The Bertz CT molecular complexity index is 951. The first-order valence-electron chi connectivity index (χ1n) is 8.24. The Hall–Kier alpha value is -3.35. The summed E-state index contributed by atoms with van der Waals surface area (Å²) in [6.07, 6.45) is 0.788. The van der Waals surface area contributed by atoms with Crippen molar-refractivity contribution in [3.05, 3.63) is 59.5 Å². The van der Waals surface area contributed by atoms with Gasteiger partial charge in [0.15, 0.2) is 6.61 Å². The molecule has 0 radical (unpaired) electrons. The minimum absolute atomic E-state index is 0.0452. The maximum Gasteiger partial charge on any atom is 0.254 e. The summed E-state index contributed by atoms with van der Waals surface area (Å²) < 4.78 is 16.7. The van der Waals surface area contributed by atoms with Crippen LogP contribution >= 0.6 is 0 Å². The lowest BCUT2D eigenvalue weighted by Crippen LogP contribution is -2.31. The van der Waals surface area contributed by atoms with Gasteiger partial charge in [-0.05, 0) is 42.3 Å². The molecule has 1 aromatic heterocycles. The van der Waals surface area contributed by atoms with Crippen LogP contribution in [0.2, 0.25) is 0 Å². The van der Waals surface area contributed by atoms with Crippen LogP contribution in [0.5, 0.6) is 11.5 Å². The normalized spacial score (nSPS) is 13.0. The van der Waals surface area contributed by atoms with Gasteiger partial charge in [-0.3, -0.25) is 4.79 Å². The molecule has 0 fully saturated rings. The van der Waals surface area contributed by atoms with Crippen molar-refractivity contribution >= 4 is 5.91 Å². The van der Waals surface area contributed by atoms with E-state index < -0.39 is 0 Å². The number of amides is 1. The zero-order valence-electron chi connectivity index (χ0n) is 14.2. The summed E-state index contributed by atoms with van der Waals surface area (Å²) in [6, 6.07) is 12.9. The fourth-order valence-electron chi connectivity index (χ4n) is 2.88. The van der Waals surface area contributed by atoms with Gasteiger partial charge in [-0.2, -0.15) is 0 Å². The molecule has 2 heterocycles. The number of carbonyl (C=O) groups excluding carboxylic acids is 1. The lowest BCUT2D eigenvalue weighted by atomic mass is 10.0. The number of ether oxygens (including phenoxy) is 2.